The van der Waals surface area contributed by atoms with Crippen molar-refractivity contribution in [1.29, 1.82) is 0 Å². The molecule has 1 rings (SSSR count). The lowest BCUT2D eigenvalue weighted by molar-refractivity contribution is 0.482. The van der Waals surface area contributed by atoms with Crippen LogP contribution in [0.4, 0.5) is 0 Å². The zero-order valence-electron chi connectivity index (χ0n) is 6.01. The molecule has 0 aliphatic rings. The van der Waals surface area contributed by atoms with Gasteiger partial charge in [-0.3, -0.25) is 4.55 Å². The molecule has 12 heavy (non-hydrogen) atoms. The maximum absolute atomic E-state index is 10.7. The Balaban J connectivity index is 3.02. The minimum absolute atomic E-state index is 0.584. The van der Waals surface area contributed by atoms with Gasteiger partial charge in [-0.1, -0.05) is 52.9 Å². The number of hydrogen-bond acceptors (Lipinski definition) is 2. The van der Waals surface area contributed by atoms with Gasteiger partial charge < -0.3 is 0 Å². The molecule has 0 heterocycles. The molecular weight excluding hydrogens is 291 g/mol. The molecule has 66 valence electrons. The van der Waals surface area contributed by atoms with Crippen molar-refractivity contribution >= 4 is 32.7 Å². The lowest BCUT2D eigenvalue weighted by atomic mass is 10.2. The molecule has 5 heteroatoms. The second-order valence-corrected chi connectivity index (χ2v) is 5.83. The first-order chi connectivity index (χ1) is 5.52. The van der Waals surface area contributed by atoms with Gasteiger partial charge in [0, 0.05) is 0 Å². The maximum atomic E-state index is 10.7. The summed E-state index contributed by atoms with van der Waals surface area (Å²) < 4.78 is 29.2. The largest absolute Gasteiger partial charge is 0.284 e. The SMILES string of the molecule is O=S(=O)(O)C(I)c1ccccc1. The van der Waals surface area contributed by atoms with E-state index in [2.05, 4.69) is 0 Å². The summed E-state index contributed by atoms with van der Waals surface area (Å²) in [6, 6.07) is 8.56. The fraction of sp³-hybridized carbons (Fsp3) is 0.143. The third-order valence-electron chi connectivity index (χ3n) is 1.32. The fourth-order valence-electron chi connectivity index (χ4n) is 0.776. The summed E-state index contributed by atoms with van der Waals surface area (Å²) >= 11 is 1.68. The van der Waals surface area contributed by atoms with E-state index in [1.54, 1.807) is 52.9 Å². The first-order valence-corrected chi connectivity index (χ1v) is 5.92. The number of halogens is 1. The molecule has 0 fully saturated rings. The molecule has 0 bridgehead atoms. The predicted octanol–water partition coefficient (Wildman–Crippen LogP) is 2.01. The van der Waals surface area contributed by atoms with Gasteiger partial charge in [0.25, 0.3) is 10.1 Å². The Morgan fingerprint density at radius 3 is 2.17 bits per heavy atom. The molecule has 1 aromatic rings. The van der Waals surface area contributed by atoms with Gasteiger partial charge >= 0.3 is 0 Å². The Labute approximate surface area is 84.7 Å². The molecule has 0 aliphatic heterocycles. The molecule has 3 nitrogen and oxygen atoms in total. The maximum Gasteiger partial charge on any atom is 0.281 e. The molecular formula is C7H7IO3S. The van der Waals surface area contributed by atoms with Gasteiger partial charge in [0.2, 0.25) is 0 Å². The summed E-state index contributed by atoms with van der Waals surface area (Å²) in [5.74, 6) is 0. The van der Waals surface area contributed by atoms with Gasteiger partial charge in [0.05, 0.1) is 0 Å². The smallest absolute Gasteiger partial charge is 0.281 e. The molecule has 1 atom stereocenters. The van der Waals surface area contributed by atoms with Gasteiger partial charge in [-0.15, -0.1) is 0 Å². The lowest BCUT2D eigenvalue weighted by Gasteiger charge is -2.05. The van der Waals surface area contributed by atoms with E-state index in [9.17, 15) is 8.42 Å². The fourth-order valence-corrected chi connectivity index (χ4v) is 1.69. The highest BCUT2D eigenvalue weighted by Gasteiger charge is 2.20. The molecule has 0 amide bonds. The summed E-state index contributed by atoms with van der Waals surface area (Å²) in [6.45, 7) is 0. The summed E-state index contributed by atoms with van der Waals surface area (Å²) in [4.78, 5) is 0. The summed E-state index contributed by atoms with van der Waals surface area (Å²) in [5.41, 5.74) is 0.584. The number of alkyl halides is 1. The molecule has 0 aromatic heterocycles. The first-order valence-electron chi connectivity index (χ1n) is 3.17. The Kier molecular flexibility index (Phi) is 3.08. The molecule has 0 saturated heterocycles. The molecule has 1 unspecified atom stereocenters. The number of hydrogen-bond donors (Lipinski definition) is 1. The zero-order valence-corrected chi connectivity index (χ0v) is 8.99. The van der Waals surface area contributed by atoms with Gasteiger partial charge in [-0.05, 0) is 5.56 Å². The van der Waals surface area contributed by atoms with Gasteiger partial charge in [0.1, 0.15) is 0 Å². The van der Waals surface area contributed by atoms with E-state index >= 15 is 0 Å². The Hall–Kier alpha value is -0.140. The standard InChI is InChI=1S/C7H7IO3S/c8-7(12(9,10)11)6-4-2-1-3-5-6/h1-5,7H,(H,9,10,11). The van der Waals surface area contributed by atoms with Crippen LogP contribution >= 0.6 is 22.6 Å². The molecule has 0 saturated carbocycles. The van der Waals surface area contributed by atoms with Crippen LogP contribution < -0.4 is 0 Å². The van der Waals surface area contributed by atoms with Crippen LogP contribution in [0.15, 0.2) is 30.3 Å². The van der Waals surface area contributed by atoms with Crippen LogP contribution in [0.2, 0.25) is 0 Å². The zero-order chi connectivity index (χ0) is 9.19. The minimum Gasteiger partial charge on any atom is -0.284 e. The number of rotatable bonds is 2. The molecule has 0 aliphatic carbocycles. The average molecular weight is 298 g/mol. The van der Waals surface area contributed by atoms with Crippen molar-refractivity contribution in [2.45, 2.75) is 3.26 Å². The predicted molar refractivity (Wildman–Crippen MR) is 54.8 cm³/mol. The van der Waals surface area contributed by atoms with Crippen molar-refractivity contribution < 1.29 is 13.0 Å². The van der Waals surface area contributed by atoms with Crippen LogP contribution in [-0.4, -0.2) is 13.0 Å². The van der Waals surface area contributed by atoms with Crippen LogP contribution in [-0.2, 0) is 10.1 Å². The number of benzene rings is 1. The summed E-state index contributed by atoms with van der Waals surface area (Å²) in [6.07, 6.45) is 0. The first kappa shape index (κ1) is 9.94. The van der Waals surface area contributed by atoms with Gasteiger partial charge in [-0.25, -0.2) is 0 Å². The topological polar surface area (TPSA) is 54.4 Å². The van der Waals surface area contributed by atoms with Crippen molar-refractivity contribution in [3.63, 3.8) is 0 Å². The third kappa shape index (κ3) is 2.43. The lowest BCUT2D eigenvalue weighted by Crippen LogP contribution is -2.04. The third-order valence-corrected chi connectivity index (χ3v) is 4.77. The summed E-state index contributed by atoms with van der Waals surface area (Å²) in [7, 11) is -3.97. The Bertz CT molecular complexity index is 346. The highest BCUT2D eigenvalue weighted by Crippen LogP contribution is 2.27. The van der Waals surface area contributed by atoms with Crippen LogP contribution in [0.1, 0.15) is 8.82 Å². The van der Waals surface area contributed by atoms with E-state index in [1.807, 2.05) is 0 Å². The van der Waals surface area contributed by atoms with E-state index in [0.29, 0.717) is 5.56 Å². The molecule has 1 aromatic carbocycles. The van der Waals surface area contributed by atoms with E-state index < -0.39 is 13.4 Å². The van der Waals surface area contributed by atoms with E-state index in [0.717, 1.165) is 0 Å². The average Bonchev–Trinajstić information content (AvgIpc) is 2.03. The van der Waals surface area contributed by atoms with Gasteiger partial charge in [-0.2, -0.15) is 8.42 Å². The highest BCUT2D eigenvalue weighted by molar-refractivity contribution is 14.1. The minimum atomic E-state index is -3.97. The van der Waals surface area contributed by atoms with Crippen molar-refractivity contribution in [3.8, 4) is 0 Å². The van der Waals surface area contributed by atoms with E-state index in [1.165, 1.54) is 0 Å². The van der Waals surface area contributed by atoms with Crippen molar-refractivity contribution in [1.82, 2.24) is 0 Å². The molecule has 0 spiro atoms. The Morgan fingerprint density at radius 1 is 1.25 bits per heavy atom. The van der Waals surface area contributed by atoms with Crippen LogP contribution in [0, 0.1) is 0 Å². The van der Waals surface area contributed by atoms with E-state index in [-0.39, 0.29) is 0 Å². The van der Waals surface area contributed by atoms with Crippen LogP contribution in [0.3, 0.4) is 0 Å². The second-order valence-electron chi connectivity index (χ2n) is 2.24. The molecule has 1 N–H and O–H groups in total. The van der Waals surface area contributed by atoms with Crippen LogP contribution in [0.25, 0.3) is 0 Å². The van der Waals surface area contributed by atoms with Crippen LogP contribution in [0.5, 0.6) is 0 Å². The Morgan fingerprint density at radius 2 is 1.75 bits per heavy atom. The van der Waals surface area contributed by atoms with Gasteiger partial charge in [0.15, 0.2) is 3.26 Å². The second kappa shape index (κ2) is 3.71. The van der Waals surface area contributed by atoms with Crippen molar-refractivity contribution in [3.05, 3.63) is 35.9 Å². The normalized spacial score (nSPS) is 14.2. The van der Waals surface area contributed by atoms with Crippen molar-refractivity contribution in [2.24, 2.45) is 0 Å². The quantitative estimate of drug-likeness (QED) is 0.516. The van der Waals surface area contributed by atoms with E-state index in [4.69, 9.17) is 4.55 Å². The summed E-state index contributed by atoms with van der Waals surface area (Å²) in [5, 5.41) is 0. The molecule has 0 radical (unpaired) electrons. The monoisotopic (exact) mass is 298 g/mol. The van der Waals surface area contributed by atoms with Crippen molar-refractivity contribution in [2.75, 3.05) is 0 Å². The highest BCUT2D eigenvalue weighted by atomic mass is 127.